The molecule has 0 fully saturated rings. The summed E-state index contributed by atoms with van der Waals surface area (Å²) >= 11 is 9.35. The molecule has 0 aliphatic rings. The second-order valence-corrected chi connectivity index (χ2v) is 5.15. The standard InChI is InChI=1S/C11H12BrClN4/c1-17-6-8(15-16-17)5-11(14)9-3-2-7(13)4-10(9)12/h2-4,6,11H,5,14H2,1H3. The van der Waals surface area contributed by atoms with Crippen LogP contribution >= 0.6 is 27.5 Å². The molecule has 1 unspecified atom stereocenters. The van der Waals surface area contributed by atoms with Gasteiger partial charge in [-0.1, -0.05) is 38.8 Å². The molecule has 4 nitrogen and oxygen atoms in total. The zero-order valence-electron chi connectivity index (χ0n) is 9.27. The van der Waals surface area contributed by atoms with Crippen molar-refractivity contribution in [3.8, 4) is 0 Å². The van der Waals surface area contributed by atoms with Crippen molar-refractivity contribution in [2.75, 3.05) is 0 Å². The summed E-state index contributed by atoms with van der Waals surface area (Å²) in [6.07, 6.45) is 2.51. The van der Waals surface area contributed by atoms with Crippen LogP contribution in [0.25, 0.3) is 0 Å². The number of aryl methyl sites for hydroxylation is 1. The van der Waals surface area contributed by atoms with Gasteiger partial charge in [0.15, 0.2) is 0 Å². The third-order valence-corrected chi connectivity index (χ3v) is 3.36. The zero-order valence-corrected chi connectivity index (χ0v) is 11.6. The molecule has 0 aliphatic carbocycles. The monoisotopic (exact) mass is 314 g/mol. The fourth-order valence-electron chi connectivity index (χ4n) is 1.63. The summed E-state index contributed by atoms with van der Waals surface area (Å²) in [7, 11) is 1.83. The van der Waals surface area contributed by atoms with Gasteiger partial charge in [-0.05, 0) is 17.7 Å². The molecule has 2 aromatic rings. The molecule has 2 rings (SSSR count). The molecule has 1 aromatic heterocycles. The van der Waals surface area contributed by atoms with Crippen LogP contribution in [0.3, 0.4) is 0 Å². The second-order valence-electron chi connectivity index (χ2n) is 3.86. The average Bonchev–Trinajstić information content (AvgIpc) is 2.63. The van der Waals surface area contributed by atoms with Crippen molar-refractivity contribution in [2.45, 2.75) is 12.5 Å². The highest BCUT2D eigenvalue weighted by Gasteiger charge is 2.12. The van der Waals surface area contributed by atoms with Crippen molar-refractivity contribution in [1.82, 2.24) is 15.0 Å². The Kier molecular flexibility index (Phi) is 3.81. The SMILES string of the molecule is Cn1cc(CC(N)c2ccc(Cl)cc2Br)nn1. The summed E-state index contributed by atoms with van der Waals surface area (Å²) in [4.78, 5) is 0. The second kappa shape index (κ2) is 5.16. The van der Waals surface area contributed by atoms with Crippen LogP contribution in [0, 0.1) is 0 Å². The minimum atomic E-state index is -0.127. The molecular weight excluding hydrogens is 304 g/mol. The highest BCUT2D eigenvalue weighted by molar-refractivity contribution is 9.10. The van der Waals surface area contributed by atoms with E-state index >= 15 is 0 Å². The number of halogens is 2. The van der Waals surface area contributed by atoms with E-state index in [4.69, 9.17) is 17.3 Å². The Bertz CT molecular complexity index is 526. The van der Waals surface area contributed by atoms with Crippen LogP contribution in [0.4, 0.5) is 0 Å². The molecule has 0 radical (unpaired) electrons. The van der Waals surface area contributed by atoms with Gasteiger partial charge in [-0.15, -0.1) is 5.10 Å². The molecule has 0 amide bonds. The molecule has 0 saturated carbocycles. The van der Waals surface area contributed by atoms with E-state index in [0.717, 1.165) is 15.7 Å². The summed E-state index contributed by atoms with van der Waals surface area (Å²) in [6, 6.07) is 5.47. The van der Waals surface area contributed by atoms with Crippen molar-refractivity contribution in [2.24, 2.45) is 12.8 Å². The molecule has 1 atom stereocenters. The Hall–Kier alpha value is -0.910. The van der Waals surface area contributed by atoms with Crippen LogP contribution in [0.1, 0.15) is 17.3 Å². The van der Waals surface area contributed by atoms with Gasteiger partial charge in [-0.2, -0.15) is 0 Å². The van der Waals surface area contributed by atoms with Crippen molar-refractivity contribution >= 4 is 27.5 Å². The zero-order chi connectivity index (χ0) is 12.4. The number of hydrogen-bond donors (Lipinski definition) is 1. The van der Waals surface area contributed by atoms with Gasteiger partial charge in [0.25, 0.3) is 0 Å². The Morgan fingerprint density at radius 2 is 2.29 bits per heavy atom. The Labute approximate surface area is 113 Å². The molecular formula is C11H12BrClN4. The molecule has 6 heteroatoms. The van der Waals surface area contributed by atoms with E-state index < -0.39 is 0 Å². The van der Waals surface area contributed by atoms with Crippen LogP contribution in [0.15, 0.2) is 28.9 Å². The summed E-state index contributed by atoms with van der Waals surface area (Å²) in [5.74, 6) is 0. The summed E-state index contributed by atoms with van der Waals surface area (Å²) in [5, 5.41) is 8.59. The average molecular weight is 316 g/mol. The van der Waals surface area contributed by atoms with Crippen molar-refractivity contribution < 1.29 is 0 Å². The van der Waals surface area contributed by atoms with Gasteiger partial charge in [0, 0.05) is 35.2 Å². The minimum absolute atomic E-state index is 0.127. The van der Waals surface area contributed by atoms with E-state index in [1.54, 1.807) is 4.68 Å². The quantitative estimate of drug-likeness (QED) is 0.946. The van der Waals surface area contributed by atoms with Gasteiger partial charge >= 0.3 is 0 Å². The third kappa shape index (κ3) is 3.06. The minimum Gasteiger partial charge on any atom is -0.324 e. The molecule has 2 N–H and O–H groups in total. The molecule has 0 bridgehead atoms. The Morgan fingerprint density at radius 1 is 1.53 bits per heavy atom. The molecule has 0 spiro atoms. The fourth-order valence-corrected chi connectivity index (χ4v) is 2.60. The smallest absolute Gasteiger partial charge is 0.0845 e. The van der Waals surface area contributed by atoms with Crippen LogP contribution < -0.4 is 5.73 Å². The number of aromatic nitrogens is 3. The third-order valence-electron chi connectivity index (χ3n) is 2.44. The lowest BCUT2D eigenvalue weighted by Gasteiger charge is -2.12. The molecule has 1 heterocycles. The van der Waals surface area contributed by atoms with Gasteiger partial charge in [0.2, 0.25) is 0 Å². The van der Waals surface area contributed by atoms with E-state index in [1.807, 2.05) is 31.4 Å². The fraction of sp³-hybridized carbons (Fsp3) is 0.273. The van der Waals surface area contributed by atoms with Crippen LogP contribution in [0.2, 0.25) is 5.02 Å². The highest BCUT2D eigenvalue weighted by Crippen LogP contribution is 2.27. The van der Waals surface area contributed by atoms with E-state index in [-0.39, 0.29) is 6.04 Å². The number of nitrogens with two attached hydrogens (primary N) is 1. The topological polar surface area (TPSA) is 56.7 Å². The maximum Gasteiger partial charge on any atom is 0.0845 e. The number of nitrogens with zero attached hydrogens (tertiary/aromatic N) is 3. The summed E-state index contributed by atoms with van der Waals surface area (Å²) in [5.41, 5.74) is 8.03. The first kappa shape index (κ1) is 12.5. The number of benzene rings is 1. The lowest BCUT2D eigenvalue weighted by atomic mass is 10.0. The molecule has 0 saturated heterocycles. The maximum absolute atomic E-state index is 6.14. The van der Waals surface area contributed by atoms with Gasteiger partial charge in [0.05, 0.1) is 5.69 Å². The molecule has 0 aliphatic heterocycles. The summed E-state index contributed by atoms with van der Waals surface area (Å²) in [6.45, 7) is 0. The number of rotatable bonds is 3. The van der Waals surface area contributed by atoms with Crippen LogP contribution in [-0.2, 0) is 13.5 Å². The van der Waals surface area contributed by atoms with Gasteiger partial charge in [-0.25, -0.2) is 0 Å². The summed E-state index contributed by atoms with van der Waals surface area (Å²) < 4.78 is 2.58. The molecule has 17 heavy (non-hydrogen) atoms. The predicted molar refractivity (Wildman–Crippen MR) is 70.8 cm³/mol. The van der Waals surface area contributed by atoms with Crippen molar-refractivity contribution in [3.05, 3.63) is 45.1 Å². The number of hydrogen-bond acceptors (Lipinski definition) is 3. The lowest BCUT2D eigenvalue weighted by molar-refractivity contribution is 0.692. The van der Waals surface area contributed by atoms with Gasteiger partial charge in [-0.3, -0.25) is 4.68 Å². The first-order valence-corrected chi connectivity index (χ1v) is 6.29. The maximum atomic E-state index is 6.14. The Balaban J connectivity index is 2.17. The van der Waals surface area contributed by atoms with E-state index in [0.29, 0.717) is 11.4 Å². The largest absolute Gasteiger partial charge is 0.324 e. The Morgan fingerprint density at radius 3 is 2.88 bits per heavy atom. The van der Waals surface area contributed by atoms with E-state index in [2.05, 4.69) is 26.2 Å². The molecule has 90 valence electrons. The van der Waals surface area contributed by atoms with Crippen molar-refractivity contribution in [3.63, 3.8) is 0 Å². The van der Waals surface area contributed by atoms with Crippen LogP contribution in [-0.4, -0.2) is 15.0 Å². The normalized spacial score (nSPS) is 12.7. The van der Waals surface area contributed by atoms with Crippen LogP contribution in [0.5, 0.6) is 0 Å². The van der Waals surface area contributed by atoms with Gasteiger partial charge in [0.1, 0.15) is 0 Å². The van der Waals surface area contributed by atoms with E-state index in [9.17, 15) is 0 Å². The van der Waals surface area contributed by atoms with E-state index in [1.165, 1.54) is 0 Å². The van der Waals surface area contributed by atoms with Crippen molar-refractivity contribution in [1.29, 1.82) is 0 Å². The molecule has 1 aromatic carbocycles. The highest BCUT2D eigenvalue weighted by atomic mass is 79.9. The predicted octanol–water partition coefficient (Wildman–Crippen LogP) is 2.47. The first-order chi connectivity index (χ1) is 8.06. The van der Waals surface area contributed by atoms with Gasteiger partial charge < -0.3 is 5.73 Å². The lowest BCUT2D eigenvalue weighted by Crippen LogP contribution is -2.14. The first-order valence-electron chi connectivity index (χ1n) is 5.12.